The third-order valence-electron chi connectivity index (χ3n) is 3.01. The SMILES string of the molecule is CC(C)c1c(Cl)ncnc1NCC1CCC(=O)N1. The van der Waals surface area contributed by atoms with E-state index in [0.29, 0.717) is 18.1 Å². The number of halogens is 1. The van der Waals surface area contributed by atoms with Crippen LogP contribution in [0.2, 0.25) is 5.15 Å². The molecule has 1 aliphatic rings. The van der Waals surface area contributed by atoms with Gasteiger partial charge in [-0.15, -0.1) is 0 Å². The summed E-state index contributed by atoms with van der Waals surface area (Å²) in [5.41, 5.74) is 0.920. The monoisotopic (exact) mass is 268 g/mol. The van der Waals surface area contributed by atoms with Gasteiger partial charge in [-0.05, 0) is 12.3 Å². The zero-order valence-corrected chi connectivity index (χ0v) is 11.3. The number of nitrogens with one attached hydrogen (secondary N) is 2. The number of carbonyl (C=O) groups is 1. The summed E-state index contributed by atoms with van der Waals surface area (Å²) in [6.07, 6.45) is 2.92. The van der Waals surface area contributed by atoms with Gasteiger partial charge in [-0.3, -0.25) is 4.79 Å². The molecule has 1 saturated heterocycles. The highest BCUT2D eigenvalue weighted by Crippen LogP contribution is 2.27. The molecule has 0 bridgehead atoms. The second-order valence-electron chi connectivity index (χ2n) is 4.77. The van der Waals surface area contributed by atoms with Crippen molar-refractivity contribution in [3.8, 4) is 0 Å². The molecule has 2 heterocycles. The van der Waals surface area contributed by atoms with Crippen LogP contribution < -0.4 is 10.6 Å². The van der Waals surface area contributed by atoms with E-state index < -0.39 is 0 Å². The van der Waals surface area contributed by atoms with E-state index in [1.165, 1.54) is 6.33 Å². The predicted octanol–water partition coefficient (Wildman–Crippen LogP) is 1.94. The van der Waals surface area contributed by atoms with E-state index >= 15 is 0 Å². The predicted molar refractivity (Wildman–Crippen MR) is 70.8 cm³/mol. The fraction of sp³-hybridized carbons (Fsp3) is 0.583. The van der Waals surface area contributed by atoms with E-state index in [-0.39, 0.29) is 17.9 Å². The lowest BCUT2D eigenvalue weighted by molar-refractivity contribution is -0.119. The van der Waals surface area contributed by atoms with Gasteiger partial charge in [0.2, 0.25) is 5.91 Å². The van der Waals surface area contributed by atoms with Gasteiger partial charge in [0.05, 0.1) is 0 Å². The molecule has 1 unspecified atom stereocenters. The minimum absolute atomic E-state index is 0.117. The molecule has 1 atom stereocenters. The third kappa shape index (κ3) is 2.90. The van der Waals surface area contributed by atoms with Crippen LogP contribution in [0.1, 0.15) is 38.2 Å². The smallest absolute Gasteiger partial charge is 0.220 e. The first kappa shape index (κ1) is 13.1. The number of hydrogen-bond acceptors (Lipinski definition) is 4. The van der Waals surface area contributed by atoms with Crippen LogP contribution in [0.3, 0.4) is 0 Å². The molecule has 1 aromatic heterocycles. The average molecular weight is 269 g/mol. The summed E-state index contributed by atoms with van der Waals surface area (Å²) >= 11 is 6.08. The van der Waals surface area contributed by atoms with E-state index in [0.717, 1.165) is 17.8 Å². The van der Waals surface area contributed by atoms with Crippen LogP contribution in [0.5, 0.6) is 0 Å². The maximum absolute atomic E-state index is 11.1. The molecule has 18 heavy (non-hydrogen) atoms. The van der Waals surface area contributed by atoms with Crippen LogP contribution in [-0.2, 0) is 4.79 Å². The average Bonchev–Trinajstić information content (AvgIpc) is 2.72. The Balaban J connectivity index is 2.05. The zero-order chi connectivity index (χ0) is 13.1. The number of anilines is 1. The van der Waals surface area contributed by atoms with E-state index in [2.05, 4.69) is 20.6 Å². The topological polar surface area (TPSA) is 66.9 Å². The molecule has 0 radical (unpaired) electrons. The van der Waals surface area contributed by atoms with Crippen molar-refractivity contribution in [2.75, 3.05) is 11.9 Å². The lowest BCUT2D eigenvalue weighted by Crippen LogP contribution is -2.32. The minimum Gasteiger partial charge on any atom is -0.368 e. The van der Waals surface area contributed by atoms with Gasteiger partial charge in [-0.25, -0.2) is 9.97 Å². The van der Waals surface area contributed by atoms with Crippen LogP contribution in [-0.4, -0.2) is 28.5 Å². The fourth-order valence-corrected chi connectivity index (χ4v) is 2.43. The summed E-state index contributed by atoms with van der Waals surface area (Å²) in [6.45, 7) is 4.76. The first-order chi connectivity index (χ1) is 8.58. The van der Waals surface area contributed by atoms with Crippen molar-refractivity contribution in [2.24, 2.45) is 0 Å². The normalized spacial score (nSPS) is 19.1. The second-order valence-corrected chi connectivity index (χ2v) is 5.12. The van der Waals surface area contributed by atoms with Crippen molar-refractivity contribution >= 4 is 23.3 Å². The van der Waals surface area contributed by atoms with Crippen LogP contribution in [0.4, 0.5) is 5.82 Å². The molecular weight excluding hydrogens is 252 g/mol. The quantitative estimate of drug-likeness (QED) is 0.819. The van der Waals surface area contributed by atoms with Crippen molar-refractivity contribution in [3.05, 3.63) is 17.0 Å². The van der Waals surface area contributed by atoms with Gasteiger partial charge in [-0.1, -0.05) is 25.4 Å². The van der Waals surface area contributed by atoms with Crippen LogP contribution in [0.15, 0.2) is 6.33 Å². The highest BCUT2D eigenvalue weighted by atomic mass is 35.5. The standard InChI is InChI=1S/C12H17ClN4O/c1-7(2)10-11(13)15-6-16-12(10)14-5-8-3-4-9(18)17-8/h6-8H,3-5H2,1-2H3,(H,17,18)(H,14,15,16). The highest BCUT2D eigenvalue weighted by Gasteiger charge is 2.21. The lowest BCUT2D eigenvalue weighted by Gasteiger charge is -2.16. The van der Waals surface area contributed by atoms with Gasteiger partial charge in [0.25, 0.3) is 0 Å². The van der Waals surface area contributed by atoms with E-state index in [4.69, 9.17) is 11.6 Å². The van der Waals surface area contributed by atoms with Crippen molar-refractivity contribution in [1.29, 1.82) is 0 Å². The number of amides is 1. The Hall–Kier alpha value is -1.36. The van der Waals surface area contributed by atoms with Crippen LogP contribution in [0, 0.1) is 0 Å². The van der Waals surface area contributed by atoms with Crippen LogP contribution >= 0.6 is 11.6 Å². The summed E-state index contributed by atoms with van der Waals surface area (Å²) in [5.74, 6) is 1.12. The van der Waals surface area contributed by atoms with E-state index in [1.807, 2.05) is 13.8 Å². The molecule has 1 aromatic rings. The molecule has 0 saturated carbocycles. The molecule has 5 nitrogen and oxygen atoms in total. The maximum atomic E-state index is 11.1. The largest absolute Gasteiger partial charge is 0.368 e. The Morgan fingerprint density at radius 1 is 1.56 bits per heavy atom. The third-order valence-corrected chi connectivity index (χ3v) is 3.31. The van der Waals surface area contributed by atoms with Gasteiger partial charge in [0.1, 0.15) is 17.3 Å². The van der Waals surface area contributed by atoms with Crippen LogP contribution in [0.25, 0.3) is 0 Å². The van der Waals surface area contributed by atoms with E-state index in [1.54, 1.807) is 0 Å². The molecule has 2 rings (SSSR count). The Kier molecular flexibility index (Phi) is 4.01. The number of aromatic nitrogens is 2. The van der Waals surface area contributed by atoms with Gasteiger partial charge in [0.15, 0.2) is 0 Å². The van der Waals surface area contributed by atoms with Crippen molar-refractivity contribution in [2.45, 2.75) is 38.6 Å². The minimum atomic E-state index is 0.117. The first-order valence-corrected chi connectivity index (χ1v) is 6.49. The molecule has 0 aliphatic carbocycles. The molecule has 1 amide bonds. The molecule has 6 heteroatoms. The number of carbonyl (C=O) groups excluding carboxylic acids is 1. The summed E-state index contributed by atoms with van der Waals surface area (Å²) in [5, 5.41) is 6.64. The maximum Gasteiger partial charge on any atom is 0.220 e. The van der Waals surface area contributed by atoms with Crippen molar-refractivity contribution in [1.82, 2.24) is 15.3 Å². The van der Waals surface area contributed by atoms with Gasteiger partial charge in [0, 0.05) is 24.6 Å². The summed E-state index contributed by atoms with van der Waals surface area (Å²) in [4.78, 5) is 19.3. The Morgan fingerprint density at radius 2 is 2.33 bits per heavy atom. The summed E-state index contributed by atoms with van der Waals surface area (Å²) in [7, 11) is 0. The lowest BCUT2D eigenvalue weighted by atomic mass is 10.1. The Morgan fingerprint density at radius 3 is 2.94 bits per heavy atom. The highest BCUT2D eigenvalue weighted by molar-refractivity contribution is 6.30. The molecule has 98 valence electrons. The molecule has 1 fully saturated rings. The second kappa shape index (κ2) is 5.52. The molecule has 2 N–H and O–H groups in total. The van der Waals surface area contributed by atoms with Gasteiger partial charge in [-0.2, -0.15) is 0 Å². The van der Waals surface area contributed by atoms with Crippen molar-refractivity contribution < 1.29 is 4.79 Å². The Labute approximate surface area is 111 Å². The summed E-state index contributed by atoms with van der Waals surface area (Å²) in [6, 6.07) is 0.172. The summed E-state index contributed by atoms with van der Waals surface area (Å²) < 4.78 is 0. The molecule has 0 spiro atoms. The number of rotatable bonds is 4. The van der Waals surface area contributed by atoms with E-state index in [9.17, 15) is 4.79 Å². The number of nitrogens with zero attached hydrogens (tertiary/aromatic N) is 2. The molecule has 0 aromatic carbocycles. The first-order valence-electron chi connectivity index (χ1n) is 6.11. The molecular formula is C12H17ClN4O. The fourth-order valence-electron chi connectivity index (χ4n) is 2.08. The Bertz CT molecular complexity index is 450. The molecule has 1 aliphatic heterocycles. The van der Waals surface area contributed by atoms with Gasteiger partial charge < -0.3 is 10.6 Å². The van der Waals surface area contributed by atoms with Crippen molar-refractivity contribution in [3.63, 3.8) is 0 Å². The number of hydrogen-bond donors (Lipinski definition) is 2. The zero-order valence-electron chi connectivity index (χ0n) is 10.5. The van der Waals surface area contributed by atoms with Gasteiger partial charge >= 0.3 is 0 Å².